The van der Waals surface area contributed by atoms with Crippen LogP contribution in [0.3, 0.4) is 0 Å². The third-order valence-electron chi connectivity index (χ3n) is 1.68. The molecule has 1 aromatic carbocycles. The quantitative estimate of drug-likeness (QED) is 0.603. The highest BCUT2D eigenvalue weighted by Crippen LogP contribution is 2.12. The van der Waals surface area contributed by atoms with E-state index in [4.69, 9.17) is 12.4 Å². The molecule has 1 saturated heterocycles. The van der Waals surface area contributed by atoms with E-state index in [1.54, 1.807) is 0 Å². The molecule has 1 aliphatic rings. The van der Waals surface area contributed by atoms with Gasteiger partial charge in [0.15, 0.2) is 6.67 Å². The number of anilines is 1. The number of benzene rings is 1. The van der Waals surface area contributed by atoms with Crippen molar-refractivity contribution in [2.24, 2.45) is 0 Å². The summed E-state index contributed by atoms with van der Waals surface area (Å²) < 4.78 is 1.50. The van der Waals surface area contributed by atoms with E-state index in [-0.39, 0.29) is 0 Å². The number of rotatable bonds is 1. The number of hydrogen-bond donors (Lipinski definition) is 2. The molecular formula is C7H9N4S+. The van der Waals surface area contributed by atoms with Gasteiger partial charge in [0.1, 0.15) is 9.85 Å². The Morgan fingerprint density at radius 1 is 1.33 bits per heavy atom. The third kappa shape index (κ3) is 1.24. The minimum absolute atomic E-state index is 0.688. The maximum absolute atomic E-state index is 4.99. The van der Waals surface area contributed by atoms with Crippen molar-refractivity contribution in [1.82, 2.24) is 11.0 Å². The lowest BCUT2D eigenvalue weighted by atomic mass is 10.3. The number of nitrogens with one attached hydrogen (secondary N) is 2. The lowest BCUT2D eigenvalue weighted by Crippen LogP contribution is -2.31. The summed E-state index contributed by atoms with van der Waals surface area (Å²) in [7, 11) is 0. The maximum atomic E-state index is 4.99. The summed E-state index contributed by atoms with van der Waals surface area (Å²) in [6, 6.07) is 9.96. The van der Waals surface area contributed by atoms with Crippen LogP contribution in [-0.2, 0) is 12.4 Å². The van der Waals surface area contributed by atoms with E-state index < -0.39 is 0 Å². The SMILES string of the molecule is S=[N+]1NNCN1c1ccccc1. The number of hydrazine groups is 3. The second-order valence-electron chi connectivity index (χ2n) is 2.45. The van der Waals surface area contributed by atoms with Gasteiger partial charge >= 0.3 is 12.4 Å². The molecule has 0 radical (unpaired) electrons. The minimum atomic E-state index is 0.688. The van der Waals surface area contributed by atoms with Crippen LogP contribution >= 0.6 is 0 Å². The van der Waals surface area contributed by atoms with Crippen LogP contribution in [0.5, 0.6) is 0 Å². The van der Waals surface area contributed by atoms with Crippen molar-refractivity contribution in [2.75, 3.05) is 11.7 Å². The monoisotopic (exact) mass is 181 g/mol. The van der Waals surface area contributed by atoms with E-state index in [0.29, 0.717) is 6.67 Å². The maximum Gasteiger partial charge on any atom is 0.336 e. The van der Waals surface area contributed by atoms with Gasteiger partial charge in [-0.1, -0.05) is 28.7 Å². The predicted octanol–water partition coefficient (Wildman–Crippen LogP) is 0.131. The molecular weight excluding hydrogens is 172 g/mol. The molecule has 1 aliphatic heterocycles. The Morgan fingerprint density at radius 2 is 2.08 bits per heavy atom. The fraction of sp³-hybridized carbons (Fsp3) is 0.143. The molecule has 0 spiro atoms. The topological polar surface area (TPSA) is 30.3 Å². The molecule has 4 nitrogen and oxygen atoms in total. The second-order valence-corrected chi connectivity index (χ2v) is 2.80. The zero-order valence-electron chi connectivity index (χ0n) is 6.40. The fourth-order valence-corrected chi connectivity index (χ4v) is 1.32. The van der Waals surface area contributed by atoms with Crippen LogP contribution in [0, 0.1) is 0 Å². The Bertz CT molecular complexity index is 287. The van der Waals surface area contributed by atoms with E-state index in [1.165, 1.54) is 4.16 Å². The Hall–Kier alpha value is -1.20. The first-order chi connectivity index (χ1) is 5.88. The first-order valence-electron chi connectivity index (χ1n) is 3.66. The Labute approximate surface area is 75.9 Å². The van der Waals surface area contributed by atoms with Gasteiger partial charge in [-0.2, -0.15) is 5.43 Å². The van der Waals surface area contributed by atoms with E-state index in [0.717, 1.165) is 5.69 Å². The predicted molar refractivity (Wildman–Crippen MR) is 47.7 cm³/mol. The number of para-hydroxylation sites is 1. The second kappa shape index (κ2) is 3.04. The summed E-state index contributed by atoms with van der Waals surface area (Å²) >= 11 is 4.99. The molecule has 12 heavy (non-hydrogen) atoms. The summed E-state index contributed by atoms with van der Waals surface area (Å²) in [5, 5.41) is 1.91. The smallest absolute Gasteiger partial charge is 0.158 e. The summed E-state index contributed by atoms with van der Waals surface area (Å²) in [5.41, 5.74) is 6.78. The van der Waals surface area contributed by atoms with Crippen LogP contribution in [0.2, 0.25) is 0 Å². The molecule has 0 atom stereocenters. The van der Waals surface area contributed by atoms with Gasteiger partial charge in [-0.3, -0.25) is 0 Å². The van der Waals surface area contributed by atoms with E-state index in [9.17, 15) is 0 Å². The molecule has 0 unspecified atom stereocenters. The van der Waals surface area contributed by atoms with Crippen molar-refractivity contribution >= 4 is 18.1 Å². The number of nitrogens with zero attached hydrogens (tertiary/aromatic N) is 2. The van der Waals surface area contributed by atoms with Crippen molar-refractivity contribution in [3.8, 4) is 0 Å². The van der Waals surface area contributed by atoms with Crippen molar-refractivity contribution in [3.63, 3.8) is 0 Å². The van der Waals surface area contributed by atoms with E-state index in [1.807, 2.05) is 35.3 Å². The highest BCUT2D eigenvalue weighted by molar-refractivity contribution is 7.44. The van der Waals surface area contributed by atoms with Crippen molar-refractivity contribution in [3.05, 3.63) is 30.3 Å². The van der Waals surface area contributed by atoms with Gasteiger partial charge in [0.2, 0.25) is 0 Å². The standard InChI is InChI=1S/C7H9N4S/c12-11-9-8-6-10(11)7-4-2-1-3-5-7/h1-5,8H,6H2,(H,9,12)/q+1. The van der Waals surface area contributed by atoms with Gasteiger partial charge in [0, 0.05) is 0 Å². The lowest BCUT2D eigenvalue weighted by molar-refractivity contribution is -0.555. The zero-order chi connectivity index (χ0) is 8.39. The largest absolute Gasteiger partial charge is 0.336 e. The highest BCUT2D eigenvalue weighted by Gasteiger charge is 2.24. The van der Waals surface area contributed by atoms with Gasteiger partial charge in [0.25, 0.3) is 0 Å². The minimum Gasteiger partial charge on any atom is -0.158 e. The molecule has 0 aromatic heterocycles. The molecule has 0 amide bonds. The molecule has 0 saturated carbocycles. The van der Waals surface area contributed by atoms with Crippen LogP contribution < -0.4 is 16.0 Å². The average molecular weight is 181 g/mol. The molecule has 2 N–H and O–H groups in total. The Balaban J connectivity index is 2.25. The van der Waals surface area contributed by atoms with Crippen molar-refractivity contribution in [1.29, 1.82) is 0 Å². The van der Waals surface area contributed by atoms with Crippen LogP contribution in [0.1, 0.15) is 0 Å². The normalized spacial score (nSPS) is 16.3. The first kappa shape index (κ1) is 7.45. The first-order valence-corrected chi connectivity index (χ1v) is 4.03. The van der Waals surface area contributed by atoms with Gasteiger partial charge in [0.05, 0.1) is 0 Å². The van der Waals surface area contributed by atoms with Gasteiger partial charge in [-0.25, -0.2) is 0 Å². The van der Waals surface area contributed by atoms with Crippen LogP contribution in [0.4, 0.5) is 5.69 Å². The molecule has 62 valence electrons. The van der Waals surface area contributed by atoms with Crippen LogP contribution in [-0.4, -0.2) is 10.8 Å². The van der Waals surface area contributed by atoms with Crippen molar-refractivity contribution < 1.29 is 4.16 Å². The third-order valence-corrected chi connectivity index (χ3v) is 1.97. The van der Waals surface area contributed by atoms with Crippen LogP contribution in [0.25, 0.3) is 0 Å². The zero-order valence-corrected chi connectivity index (χ0v) is 7.21. The van der Waals surface area contributed by atoms with E-state index >= 15 is 0 Å². The van der Waals surface area contributed by atoms with Gasteiger partial charge in [-0.15, -0.1) is 0 Å². The summed E-state index contributed by atoms with van der Waals surface area (Å²) in [5.74, 6) is 0. The summed E-state index contributed by atoms with van der Waals surface area (Å²) in [4.78, 5) is 0. The average Bonchev–Trinajstić information content (AvgIpc) is 2.53. The fourth-order valence-electron chi connectivity index (χ4n) is 1.10. The molecule has 1 aromatic rings. The Morgan fingerprint density at radius 3 is 2.67 bits per heavy atom. The molecule has 5 heteroatoms. The Kier molecular flexibility index (Phi) is 1.89. The molecule has 1 heterocycles. The molecule has 0 aliphatic carbocycles. The summed E-state index contributed by atoms with van der Waals surface area (Å²) in [6.45, 7) is 0.688. The van der Waals surface area contributed by atoms with Crippen LogP contribution in [0.15, 0.2) is 30.3 Å². The molecule has 1 fully saturated rings. The molecule has 2 rings (SSSR count). The van der Waals surface area contributed by atoms with E-state index in [2.05, 4.69) is 11.0 Å². The summed E-state index contributed by atoms with van der Waals surface area (Å²) in [6.07, 6.45) is 0. The van der Waals surface area contributed by atoms with Gasteiger partial charge in [-0.05, 0) is 12.1 Å². The van der Waals surface area contributed by atoms with Crippen molar-refractivity contribution in [2.45, 2.75) is 0 Å². The van der Waals surface area contributed by atoms with Gasteiger partial charge < -0.3 is 0 Å². The highest BCUT2D eigenvalue weighted by atomic mass is 32.1. The molecule has 0 bridgehead atoms. The lowest BCUT2D eigenvalue weighted by Gasteiger charge is -2.05. The number of hydrogen-bond acceptors (Lipinski definition) is 2.